The third-order valence-electron chi connectivity index (χ3n) is 3.20. The summed E-state index contributed by atoms with van der Waals surface area (Å²) in [5.74, 6) is -0.195. The molecule has 0 saturated heterocycles. The molecule has 1 N–H and O–H groups in total. The Balaban J connectivity index is 2.23. The Kier molecular flexibility index (Phi) is 3.67. The second-order valence-corrected chi connectivity index (χ2v) is 4.49. The average molecular weight is 233 g/mol. The van der Waals surface area contributed by atoms with E-state index < -0.39 is 0 Å². The van der Waals surface area contributed by atoms with Gasteiger partial charge >= 0.3 is 5.97 Å². The van der Waals surface area contributed by atoms with Crippen LogP contribution < -0.4 is 5.32 Å². The summed E-state index contributed by atoms with van der Waals surface area (Å²) in [4.78, 5) is 12.0. The molecule has 1 aliphatic rings. The second-order valence-electron chi connectivity index (χ2n) is 4.49. The van der Waals surface area contributed by atoms with Gasteiger partial charge in [0.25, 0.3) is 0 Å². The minimum Gasteiger partial charge on any atom is -0.459 e. The highest BCUT2D eigenvalue weighted by Crippen LogP contribution is 2.26. The van der Waals surface area contributed by atoms with Crippen molar-refractivity contribution in [2.45, 2.75) is 39.2 Å². The fourth-order valence-electron chi connectivity index (χ4n) is 2.03. The van der Waals surface area contributed by atoms with Gasteiger partial charge in [-0.25, -0.2) is 4.79 Å². The zero-order valence-electron chi connectivity index (χ0n) is 10.5. The van der Waals surface area contributed by atoms with Crippen LogP contribution in [0.15, 0.2) is 18.2 Å². The van der Waals surface area contributed by atoms with Crippen molar-refractivity contribution in [3.8, 4) is 0 Å². The van der Waals surface area contributed by atoms with Gasteiger partial charge in [0.2, 0.25) is 0 Å². The monoisotopic (exact) mass is 233 g/mol. The first-order valence-electron chi connectivity index (χ1n) is 6.29. The number of hydrogen-bond donors (Lipinski definition) is 1. The first-order valence-corrected chi connectivity index (χ1v) is 6.29. The Labute approximate surface area is 102 Å². The summed E-state index contributed by atoms with van der Waals surface area (Å²) in [5.41, 5.74) is 2.90. The molecule has 3 nitrogen and oxygen atoms in total. The molecule has 3 heteroatoms. The Bertz CT molecular complexity index is 415. The van der Waals surface area contributed by atoms with Crippen LogP contribution in [0.3, 0.4) is 0 Å². The lowest BCUT2D eigenvalue weighted by molar-refractivity contribution is 0.0333. The van der Waals surface area contributed by atoms with Gasteiger partial charge in [-0.05, 0) is 43.9 Å². The summed E-state index contributed by atoms with van der Waals surface area (Å²) in [6.07, 6.45) is 2.85. The van der Waals surface area contributed by atoms with Gasteiger partial charge < -0.3 is 10.1 Å². The van der Waals surface area contributed by atoms with E-state index in [1.807, 2.05) is 32.0 Å². The fourth-order valence-corrected chi connectivity index (χ4v) is 2.03. The highest BCUT2D eigenvalue weighted by atomic mass is 16.5. The third kappa shape index (κ3) is 2.60. The number of esters is 1. The van der Waals surface area contributed by atoms with Crippen LogP contribution in [-0.2, 0) is 11.2 Å². The van der Waals surface area contributed by atoms with Crippen molar-refractivity contribution >= 4 is 11.7 Å². The Hall–Kier alpha value is -1.51. The highest BCUT2D eigenvalue weighted by Gasteiger charge is 2.19. The zero-order valence-corrected chi connectivity index (χ0v) is 10.5. The predicted molar refractivity (Wildman–Crippen MR) is 68.4 cm³/mol. The highest BCUT2D eigenvalue weighted by molar-refractivity contribution is 5.93. The lowest BCUT2D eigenvalue weighted by Gasteiger charge is -2.21. The van der Waals surface area contributed by atoms with Gasteiger partial charge in [0.15, 0.2) is 0 Å². The summed E-state index contributed by atoms with van der Waals surface area (Å²) < 4.78 is 5.38. The first kappa shape index (κ1) is 12.0. The number of carbonyl (C=O) groups excluding carboxylic acids is 1. The van der Waals surface area contributed by atoms with Crippen molar-refractivity contribution in [1.29, 1.82) is 0 Å². The Morgan fingerprint density at radius 2 is 2.35 bits per heavy atom. The van der Waals surface area contributed by atoms with Crippen LogP contribution >= 0.6 is 0 Å². The van der Waals surface area contributed by atoms with E-state index in [4.69, 9.17) is 4.74 Å². The number of rotatable bonds is 3. The molecule has 0 aliphatic carbocycles. The summed E-state index contributed by atoms with van der Waals surface area (Å²) in [6, 6.07) is 5.79. The number of nitrogens with one attached hydrogen (secondary N) is 1. The molecule has 1 unspecified atom stereocenters. The molecule has 0 aromatic heterocycles. The maximum absolute atomic E-state index is 12.0. The second kappa shape index (κ2) is 5.21. The van der Waals surface area contributed by atoms with Gasteiger partial charge in [-0.1, -0.05) is 13.0 Å². The number of carbonyl (C=O) groups is 1. The first-order chi connectivity index (χ1) is 8.22. The van der Waals surface area contributed by atoms with E-state index in [0.717, 1.165) is 42.6 Å². The molecule has 1 aromatic carbocycles. The molecule has 0 bridgehead atoms. The number of anilines is 1. The van der Waals surface area contributed by atoms with Gasteiger partial charge in [-0.2, -0.15) is 0 Å². The summed E-state index contributed by atoms with van der Waals surface area (Å²) in [7, 11) is 0. The fraction of sp³-hybridized carbons (Fsp3) is 0.500. The van der Waals surface area contributed by atoms with Crippen LogP contribution in [0.5, 0.6) is 0 Å². The van der Waals surface area contributed by atoms with E-state index in [1.165, 1.54) is 0 Å². The molecule has 2 rings (SSSR count). The normalized spacial score (nSPS) is 15.6. The molecule has 0 saturated carbocycles. The van der Waals surface area contributed by atoms with Crippen molar-refractivity contribution < 1.29 is 9.53 Å². The standard InChI is InChI=1S/C14H19NO2/c1-3-10(2)17-14(16)12-6-4-8-13-11(12)7-5-9-15-13/h4,6,8,10,15H,3,5,7,9H2,1-2H3. The van der Waals surface area contributed by atoms with Crippen LogP contribution in [0.2, 0.25) is 0 Å². The number of fused-ring (bicyclic) bond motifs is 1. The average Bonchev–Trinajstić information content (AvgIpc) is 2.37. The number of benzene rings is 1. The molecular weight excluding hydrogens is 214 g/mol. The van der Waals surface area contributed by atoms with Crippen molar-refractivity contribution in [1.82, 2.24) is 0 Å². The molecule has 1 aromatic rings. The number of ether oxygens (including phenoxy) is 1. The number of hydrogen-bond acceptors (Lipinski definition) is 3. The molecule has 17 heavy (non-hydrogen) atoms. The third-order valence-corrected chi connectivity index (χ3v) is 3.20. The van der Waals surface area contributed by atoms with E-state index in [0.29, 0.717) is 0 Å². The van der Waals surface area contributed by atoms with Gasteiger partial charge in [-0.3, -0.25) is 0 Å². The van der Waals surface area contributed by atoms with Crippen LogP contribution in [0.25, 0.3) is 0 Å². The summed E-state index contributed by atoms with van der Waals surface area (Å²) >= 11 is 0. The van der Waals surface area contributed by atoms with E-state index >= 15 is 0 Å². The van der Waals surface area contributed by atoms with Crippen molar-refractivity contribution in [2.75, 3.05) is 11.9 Å². The van der Waals surface area contributed by atoms with Crippen LogP contribution in [0, 0.1) is 0 Å². The molecule has 0 amide bonds. The van der Waals surface area contributed by atoms with E-state index in [-0.39, 0.29) is 12.1 Å². The largest absolute Gasteiger partial charge is 0.459 e. The van der Waals surface area contributed by atoms with Crippen LogP contribution in [0.1, 0.15) is 42.6 Å². The van der Waals surface area contributed by atoms with Crippen LogP contribution in [0.4, 0.5) is 5.69 Å². The van der Waals surface area contributed by atoms with Crippen molar-refractivity contribution in [2.24, 2.45) is 0 Å². The van der Waals surface area contributed by atoms with Gasteiger partial charge in [0.05, 0.1) is 11.7 Å². The summed E-state index contributed by atoms with van der Waals surface area (Å²) in [6.45, 7) is 4.92. The zero-order chi connectivity index (χ0) is 12.3. The Morgan fingerprint density at radius 3 is 3.12 bits per heavy atom. The molecule has 1 atom stereocenters. The molecule has 1 heterocycles. The molecule has 0 fully saturated rings. The lowest BCUT2D eigenvalue weighted by Crippen LogP contribution is -2.19. The van der Waals surface area contributed by atoms with E-state index in [2.05, 4.69) is 5.32 Å². The van der Waals surface area contributed by atoms with Gasteiger partial charge in [0, 0.05) is 12.2 Å². The van der Waals surface area contributed by atoms with E-state index in [1.54, 1.807) is 0 Å². The molecule has 92 valence electrons. The van der Waals surface area contributed by atoms with Crippen molar-refractivity contribution in [3.63, 3.8) is 0 Å². The lowest BCUT2D eigenvalue weighted by atomic mass is 9.98. The van der Waals surface area contributed by atoms with Gasteiger partial charge in [-0.15, -0.1) is 0 Å². The summed E-state index contributed by atoms with van der Waals surface area (Å²) in [5, 5.41) is 3.32. The quantitative estimate of drug-likeness (QED) is 0.816. The smallest absolute Gasteiger partial charge is 0.338 e. The molecule has 0 spiro atoms. The minimum absolute atomic E-state index is 0.0186. The van der Waals surface area contributed by atoms with E-state index in [9.17, 15) is 4.79 Å². The maximum Gasteiger partial charge on any atom is 0.338 e. The van der Waals surface area contributed by atoms with Gasteiger partial charge in [0.1, 0.15) is 0 Å². The predicted octanol–water partition coefficient (Wildman–Crippen LogP) is 3.00. The SMILES string of the molecule is CCC(C)OC(=O)c1cccc2c1CCCN2. The van der Waals surface area contributed by atoms with Crippen molar-refractivity contribution in [3.05, 3.63) is 29.3 Å². The molecule has 1 aliphatic heterocycles. The minimum atomic E-state index is -0.195. The van der Waals surface area contributed by atoms with Crippen LogP contribution in [-0.4, -0.2) is 18.6 Å². The topological polar surface area (TPSA) is 38.3 Å². The molecular formula is C14H19NO2. The maximum atomic E-state index is 12.0. The molecule has 0 radical (unpaired) electrons. The Morgan fingerprint density at radius 1 is 1.53 bits per heavy atom.